The summed E-state index contributed by atoms with van der Waals surface area (Å²) in [5.41, 5.74) is 2.14. The summed E-state index contributed by atoms with van der Waals surface area (Å²) in [5.74, 6) is 0.306. The highest BCUT2D eigenvalue weighted by atomic mass is 35.5. The van der Waals surface area contributed by atoms with Gasteiger partial charge in [-0.3, -0.25) is 4.79 Å². The van der Waals surface area contributed by atoms with Gasteiger partial charge in [0.1, 0.15) is 0 Å². The predicted octanol–water partition coefficient (Wildman–Crippen LogP) is 4.41. The Hall–Kier alpha value is -1.39. The summed E-state index contributed by atoms with van der Waals surface area (Å²) in [4.78, 5) is 17.9. The van der Waals surface area contributed by atoms with Crippen molar-refractivity contribution in [2.45, 2.75) is 32.6 Å². The molecule has 1 aliphatic rings. The van der Waals surface area contributed by atoms with Gasteiger partial charge in [0.15, 0.2) is 5.13 Å². The summed E-state index contributed by atoms with van der Waals surface area (Å²) in [5, 5.41) is 4.40. The monoisotopic (exact) mass is 320 g/mol. The maximum Gasteiger partial charge on any atom is 0.229 e. The Bertz CT molecular complexity index is 683. The van der Waals surface area contributed by atoms with Gasteiger partial charge in [0, 0.05) is 15.8 Å². The number of nitrogens with one attached hydrogen (secondary N) is 1. The highest BCUT2D eigenvalue weighted by Crippen LogP contribution is 2.50. The second-order valence-electron chi connectivity index (χ2n) is 5.33. The summed E-state index contributed by atoms with van der Waals surface area (Å²) in [6.45, 7) is 4.11. The third kappa shape index (κ3) is 2.97. The molecule has 1 aliphatic carbocycles. The third-order valence-corrected chi connectivity index (χ3v) is 5.16. The number of hydrogen-bond acceptors (Lipinski definition) is 3. The van der Waals surface area contributed by atoms with Crippen LogP contribution in [-0.4, -0.2) is 10.9 Å². The van der Waals surface area contributed by atoms with E-state index >= 15 is 0 Å². The molecule has 3 rings (SSSR count). The molecule has 21 heavy (non-hydrogen) atoms. The summed E-state index contributed by atoms with van der Waals surface area (Å²) in [7, 11) is 0. The molecule has 110 valence electrons. The predicted molar refractivity (Wildman–Crippen MR) is 87.2 cm³/mol. The van der Waals surface area contributed by atoms with Crippen molar-refractivity contribution >= 4 is 34.0 Å². The molecule has 1 aromatic carbocycles. The lowest BCUT2D eigenvalue weighted by molar-refractivity contribution is -0.117. The van der Waals surface area contributed by atoms with Crippen LogP contribution in [0.1, 0.15) is 35.4 Å². The van der Waals surface area contributed by atoms with Gasteiger partial charge >= 0.3 is 0 Å². The van der Waals surface area contributed by atoms with E-state index in [-0.39, 0.29) is 17.7 Å². The standard InChI is InChI=1S/C16H17ClN2OS/c1-3-14-9(2)21-16(18-14)19-15(20)12-8-11(12)10-6-4-5-7-13(10)17/h4-7,11-12H,3,8H2,1-2H3,(H,18,19,20). The van der Waals surface area contributed by atoms with Gasteiger partial charge in [0.05, 0.1) is 5.69 Å². The van der Waals surface area contributed by atoms with E-state index in [1.165, 1.54) is 4.88 Å². The molecule has 2 atom stereocenters. The van der Waals surface area contributed by atoms with Crippen molar-refractivity contribution in [2.75, 3.05) is 5.32 Å². The van der Waals surface area contributed by atoms with E-state index in [9.17, 15) is 4.79 Å². The maximum absolute atomic E-state index is 12.3. The van der Waals surface area contributed by atoms with Gasteiger partial charge in [-0.2, -0.15) is 0 Å². The Kier molecular flexibility index (Phi) is 4.00. The molecule has 1 fully saturated rings. The van der Waals surface area contributed by atoms with Crippen LogP contribution in [0.4, 0.5) is 5.13 Å². The van der Waals surface area contributed by atoms with E-state index < -0.39 is 0 Å². The number of nitrogens with zero attached hydrogens (tertiary/aromatic N) is 1. The quantitative estimate of drug-likeness (QED) is 0.906. The molecule has 0 bridgehead atoms. The Morgan fingerprint density at radius 3 is 2.90 bits per heavy atom. The zero-order chi connectivity index (χ0) is 15.0. The number of rotatable bonds is 4. The highest BCUT2D eigenvalue weighted by Gasteiger charge is 2.45. The van der Waals surface area contributed by atoms with Crippen molar-refractivity contribution in [3.8, 4) is 0 Å². The molecule has 5 heteroatoms. The van der Waals surface area contributed by atoms with Gasteiger partial charge in [0.2, 0.25) is 5.91 Å². The molecule has 3 nitrogen and oxygen atoms in total. The minimum atomic E-state index is 0.0131. The SMILES string of the molecule is CCc1nc(NC(=O)C2CC2c2ccccc2Cl)sc1C. The van der Waals surface area contributed by atoms with E-state index in [0.717, 1.165) is 29.1 Å². The molecule has 1 N–H and O–H groups in total. The third-order valence-electron chi connectivity index (χ3n) is 3.89. The molecule has 2 unspecified atom stereocenters. The molecule has 0 radical (unpaired) electrons. The summed E-state index contributed by atoms with van der Waals surface area (Å²) < 4.78 is 0. The summed E-state index contributed by atoms with van der Waals surface area (Å²) in [6.07, 6.45) is 1.75. The van der Waals surface area contributed by atoms with Gasteiger partial charge in [-0.15, -0.1) is 11.3 Å². The minimum Gasteiger partial charge on any atom is -0.302 e. The number of thiazole rings is 1. The Morgan fingerprint density at radius 1 is 1.48 bits per heavy atom. The van der Waals surface area contributed by atoms with Gasteiger partial charge < -0.3 is 5.32 Å². The smallest absolute Gasteiger partial charge is 0.229 e. The number of hydrogen-bond donors (Lipinski definition) is 1. The van der Waals surface area contributed by atoms with Gasteiger partial charge in [-0.1, -0.05) is 36.7 Å². The first-order chi connectivity index (χ1) is 10.1. The Labute approximate surface area is 133 Å². The van der Waals surface area contributed by atoms with Crippen molar-refractivity contribution in [1.29, 1.82) is 0 Å². The van der Waals surface area contributed by atoms with Crippen molar-refractivity contribution in [3.05, 3.63) is 45.4 Å². The molecule has 1 saturated carbocycles. The van der Waals surface area contributed by atoms with Crippen molar-refractivity contribution < 1.29 is 4.79 Å². The molecule has 1 aromatic heterocycles. The fourth-order valence-electron chi connectivity index (χ4n) is 2.61. The first kappa shape index (κ1) is 14.5. The fraction of sp³-hybridized carbons (Fsp3) is 0.375. The average Bonchev–Trinajstić information content (AvgIpc) is 3.18. The topological polar surface area (TPSA) is 42.0 Å². The number of amides is 1. The largest absolute Gasteiger partial charge is 0.302 e. The van der Waals surface area contributed by atoms with Crippen LogP contribution in [0.15, 0.2) is 24.3 Å². The first-order valence-electron chi connectivity index (χ1n) is 7.11. The number of aromatic nitrogens is 1. The molecule has 1 heterocycles. The van der Waals surface area contributed by atoms with Gasteiger partial charge in [-0.05, 0) is 37.3 Å². The average molecular weight is 321 g/mol. The number of anilines is 1. The van der Waals surface area contributed by atoms with Crippen LogP contribution in [-0.2, 0) is 11.2 Å². The van der Waals surface area contributed by atoms with E-state index in [4.69, 9.17) is 11.6 Å². The van der Waals surface area contributed by atoms with Crippen LogP contribution >= 0.6 is 22.9 Å². The molecule has 1 amide bonds. The van der Waals surface area contributed by atoms with Crippen LogP contribution in [0, 0.1) is 12.8 Å². The number of benzene rings is 1. The number of carbonyl (C=O) groups is 1. The number of aryl methyl sites for hydroxylation is 2. The van der Waals surface area contributed by atoms with Gasteiger partial charge in [0.25, 0.3) is 0 Å². The molecule has 0 saturated heterocycles. The van der Waals surface area contributed by atoms with E-state index in [0.29, 0.717) is 5.13 Å². The zero-order valence-corrected chi connectivity index (χ0v) is 13.6. The maximum atomic E-state index is 12.3. The molecular formula is C16H17ClN2OS. The fourth-order valence-corrected chi connectivity index (χ4v) is 3.79. The van der Waals surface area contributed by atoms with E-state index in [2.05, 4.69) is 17.2 Å². The Morgan fingerprint density at radius 2 is 2.24 bits per heavy atom. The van der Waals surface area contributed by atoms with Crippen LogP contribution in [0.3, 0.4) is 0 Å². The Balaban J connectivity index is 1.66. The second-order valence-corrected chi connectivity index (χ2v) is 6.95. The van der Waals surface area contributed by atoms with Crippen molar-refractivity contribution in [3.63, 3.8) is 0 Å². The van der Waals surface area contributed by atoms with Crippen LogP contribution < -0.4 is 5.32 Å². The van der Waals surface area contributed by atoms with Crippen LogP contribution in [0.25, 0.3) is 0 Å². The lowest BCUT2D eigenvalue weighted by Crippen LogP contribution is -2.14. The second kappa shape index (κ2) is 5.78. The molecule has 2 aromatic rings. The lowest BCUT2D eigenvalue weighted by atomic mass is 10.1. The summed E-state index contributed by atoms with van der Waals surface area (Å²) >= 11 is 7.73. The van der Waals surface area contributed by atoms with E-state index in [1.807, 2.05) is 31.2 Å². The number of carbonyl (C=O) groups excluding carboxylic acids is 1. The van der Waals surface area contributed by atoms with E-state index in [1.54, 1.807) is 11.3 Å². The highest BCUT2D eigenvalue weighted by molar-refractivity contribution is 7.15. The normalized spacial score (nSPS) is 20.3. The van der Waals surface area contributed by atoms with Crippen molar-refractivity contribution in [2.24, 2.45) is 5.92 Å². The zero-order valence-electron chi connectivity index (χ0n) is 12.0. The summed E-state index contributed by atoms with van der Waals surface area (Å²) in [6, 6.07) is 7.75. The van der Waals surface area contributed by atoms with Gasteiger partial charge in [-0.25, -0.2) is 4.98 Å². The van der Waals surface area contributed by atoms with Crippen LogP contribution in [0.2, 0.25) is 5.02 Å². The minimum absolute atomic E-state index is 0.0131. The molecular weight excluding hydrogens is 304 g/mol. The molecule has 0 aliphatic heterocycles. The van der Waals surface area contributed by atoms with Crippen LogP contribution in [0.5, 0.6) is 0 Å². The first-order valence-corrected chi connectivity index (χ1v) is 8.31. The lowest BCUT2D eigenvalue weighted by Gasteiger charge is -2.03. The molecule has 0 spiro atoms. The number of halogens is 1. The van der Waals surface area contributed by atoms with Crippen molar-refractivity contribution in [1.82, 2.24) is 4.98 Å².